The Bertz CT molecular complexity index is 529. The zero-order valence-corrected chi connectivity index (χ0v) is 12.9. The summed E-state index contributed by atoms with van der Waals surface area (Å²) in [5, 5.41) is 3.58. The second-order valence-electron chi connectivity index (χ2n) is 6.41. The zero-order valence-electron chi connectivity index (χ0n) is 12.9. The maximum atomic E-state index is 4.53. The third-order valence-electron chi connectivity index (χ3n) is 5.07. The van der Waals surface area contributed by atoms with E-state index in [-0.39, 0.29) is 0 Å². The fraction of sp³-hybridized carbons (Fsp3) is 0.588. The van der Waals surface area contributed by atoms with Crippen molar-refractivity contribution >= 4 is 5.96 Å². The number of nitrogens with zero attached hydrogens (tertiary/aromatic N) is 2. The lowest BCUT2D eigenvalue weighted by atomic mass is 9.64. The van der Waals surface area contributed by atoms with Crippen LogP contribution in [0.5, 0.6) is 0 Å². The molecule has 20 heavy (non-hydrogen) atoms. The highest BCUT2D eigenvalue weighted by Crippen LogP contribution is 2.43. The minimum Gasteiger partial charge on any atom is -0.355 e. The highest BCUT2D eigenvalue weighted by Gasteiger charge is 2.39. The van der Waals surface area contributed by atoms with Crippen LogP contribution in [0.4, 0.5) is 0 Å². The smallest absolute Gasteiger partial charge is 0.193 e. The number of benzene rings is 1. The van der Waals surface area contributed by atoms with E-state index in [4.69, 9.17) is 0 Å². The van der Waals surface area contributed by atoms with Gasteiger partial charge in [-0.3, -0.25) is 4.99 Å². The minimum absolute atomic E-state index is 0.324. The van der Waals surface area contributed by atoms with Crippen molar-refractivity contribution < 1.29 is 0 Å². The fourth-order valence-corrected chi connectivity index (χ4v) is 3.21. The van der Waals surface area contributed by atoms with E-state index in [1.165, 1.54) is 36.0 Å². The fourth-order valence-electron chi connectivity index (χ4n) is 3.21. The Balaban J connectivity index is 1.75. The molecule has 1 heterocycles. The average molecular weight is 271 g/mol. The number of rotatable bonds is 3. The molecule has 2 aliphatic rings. The van der Waals surface area contributed by atoms with Crippen LogP contribution in [0.25, 0.3) is 0 Å². The Morgan fingerprint density at radius 2 is 2.05 bits per heavy atom. The molecule has 1 fully saturated rings. The van der Waals surface area contributed by atoms with Gasteiger partial charge >= 0.3 is 0 Å². The molecule has 0 atom stereocenters. The van der Waals surface area contributed by atoms with Crippen molar-refractivity contribution in [2.24, 2.45) is 4.99 Å². The van der Waals surface area contributed by atoms with Gasteiger partial charge in [-0.1, -0.05) is 24.6 Å². The van der Waals surface area contributed by atoms with Gasteiger partial charge in [-0.2, -0.15) is 0 Å². The van der Waals surface area contributed by atoms with Gasteiger partial charge in [0.2, 0.25) is 0 Å². The van der Waals surface area contributed by atoms with Crippen LogP contribution in [0, 0.1) is 13.8 Å². The number of aliphatic imine (C=N–C) groups is 1. The minimum atomic E-state index is 0.324. The molecule has 0 radical (unpaired) electrons. The molecule has 1 N–H and O–H groups in total. The number of likely N-dealkylation sites (N-methyl/N-ethyl adjacent to an activating group) is 1. The number of nitrogens with one attached hydrogen (secondary N) is 1. The quantitative estimate of drug-likeness (QED) is 0.915. The highest BCUT2D eigenvalue weighted by molar-refractivity contribution is 5.81. The second kappa shape index (κ2) is 5.12. The predicted molar refractivity (Wildman–Crippen MR) is 84.4 cm³/mol. The van der Waals surface area contributed by atoms with Crippen molar-refractivity contribution in [2.75, 3.05) is 26.7 Å². The van der Waals surface area contributed by atoms with Gasteiger partial charge < -0.3 is 10.2 Å². The molecule has 0 aromatic heterocycles. The molecule has 1 saturated carbocycles. The zero-order chi connectivity index (χ0) is 14.2. The first kappa shape index (κ1) is 13.5. The van der Waals surface area contributed by atoms with Crippen LogP contribution in [0.2, 0.25) is 0 Å². The van der Waals surface area contributed by atoms with Crippen molar-refractivity contribution in [1.29, 1.82) is 0 Å². The molecule has 1 aliphatic heterocycles. The average Bonchev–Trinajstić information content (AvgIpc) is 2.78. The van der Waals surface area contributed by atoms with E-state index >= 15 is 0 Å². The van der Waals surface area contributed by atoms with Gasteiger partial charge in [0.05, 0.1) is 6.54 Å². The highest BCUT2D eigenvalue weighted by atomic mass is 15.3. The van der Waals surface area contributed by atoms with Gasteiger partial charge in [0.25, 0.3) is 0 Å². The number of hydrogen-bond acceptors (Lipinski definition) is 3. The normalized spacial score (nSPS) is 20.6. The van der Waals surface area contributed by atoms with Crippen LogP contribution in [0.15, 0.2) is 23.2 Å². The molecule has 3 nitrogen and oxygen atoms in total. The van der Waals surface area contributed by atoms with Crippen molar-refractivity contribution in [1.82, 2.24) is 10.2 Å². The van der Waals surface area contributed by atoms with Crippen LogP contribution in [-0.4, -0.2) is 37.5 Å². The van der Waals surface area contributed by atoms with Crippen LogP contribution < -0.4 is 5.32 Å². The molecular formula is C17H25N3. The number of guanidine groups is 1. The number of aryl methyl sites for hydroxylation is 2. The van der Waals surface area contributed by atoms with Gasteiger partial charge in [0.15, 0.2) is 5.96 Å². The summed E-state index contributed by atoms with van der Waals surface area (Å²) in [6.07, 6.45) is 3.93. The van der Waals surface area contributed by atoms with Crippen molar-refractivity contribution in [3.05, 3.63) is 34.9 Å². The van der Waals surface area contributed by atoms with E-state index in [2.05, 4.69) is 54.3 Å². The van der Waals surface area contributed by atoms with Crippen molar-refractivity contribution in [2.45, 2.75) is 38.5 Å². The Morgan fingerprint density at radius 1 is 1.25 bits per heavy atom. The van der Waals surface area contributed by atoms with Gasteiger partial charge in [0, 0.05) is 25.6 Å². The summed E-state index contributed by atoms with van der Waals surface area (Å²) in [6.45, 7) is 7.38. The SMILES string of the molecule is Cc1ccc(C2(CNC3=NCCN3C)CCC2)cc1C. The first-order valence-corrected chi connectivity index (χ1v) is 7.68. The Morgan fingerprint density at radius 3 is 2.60 bits per heavy atom. The summed E-state index contributed by atoms with van der Waals surface area (Å²) in [5.74, 6) is 1.07. The first-order valence-electron chi connectivity index (χ1n) is 7.68. The van der Waals surface area contributed by atoms with Crippen LogP contribution in [0.3, 0.4) is 0 Å². The lowest BCUT2D eigenvalue weighted by Gasteiger charge is -2.43. The van der Waals surface area contributed by atoms with E-state index in [0.717, 1.165) is 25.6 Å². The first-order chi connectivity index (χ1) is 9.61. The van der Waals surface area contributed by atoms with Gasteiger partial charge in [-0.15, -0.1) is 0 Å². The van der Waals surface area contributed by atoms with Crippen molar-refractivity contribution in [3.63, 3.8) is 0 Å². The Kier molecular flexibility index (Phi) is 3.45. The lowest BCUT2D eigenvalue weighted by molar-refractivity contribution is 0.242. The van der Waals surface area contributed by atoms with Gasteiger partial charge in [0.1, 0.15) is 0 Å². The van der Waals surface area contributed by atoms with E-state index in [1.807, 2.05) is 0 Å². The summed E-state index contributed by atoms with van der Waals surface area (Å²) in [4.78, 5) is 6.75. The molecule has 0 unspecified atom stereocenters. The van der Waals surface area contributed by atoms with Crippen molar-refractivity contribution in [3.8, 4) is 0 Å². The van der Waals surface area contributed by atoms with Crippen LogP contribution in [0.1, 0.15) is 36.0 Å². The maximum Gasteiger partial charge on any atom is 0.193 e. The molecular weight excluding hydrogens is 246 g/mol. The topological polar surface area (TPSA) is 27.6 Å². The van der Waals surface area contributed by atoms with Crippen LogP contribution >= 0.6 is 0 Å². The standard InChI is InChI=1S/C17H25N3/c1-13-5-6-15(11-14(13)2)17(7-4-8-17)12-19-16-18-9-10-20(16)3/h5-6,11H,4,7-10,12H2,1-3H3,(H,18,19). The molecule has 0 saturated heterocycles. The molecule has 1 aliphatic carbocycles. The Hall–Kier alpha value is -1.51. The lowest BCUT2D eigenvalue weighted by Crippen LogP contribution is -2.48. The van der Waals surface area contributed by atoms with Gasteiger partial charge in [-0.05, 0) is 43.4 Å². The third-order valence-corrected chi connectivity index (χ3v) is 5.07. The molecule has 108 valence electrons. The van der Waals surface area contributed by atoms with E-state index in [0.29, 0.717) is 5.41 Å². The number of hydrogen-bond donors (Lipinski definition) is 1. The summed E-state index contributed by atoms with van der Waals surface area (Å²) >= 11 is 0. The van der Waals surface area contributed by atoms with Crippen LogP contribution in [-0.2, 0) is 5.41 Å². The molecule has 0 spiro atoms. The summed E-state index contributed by atoms with van der Waals surface area (Å²) in [6, 6.07) is 6.98. The molecule has 3 rings (SSSR count). The largest absolute Gasteiger partial charge is 0.355 e. The molecule has 0 amide bonds. The summed E-state index contributed by atoms with van der Waals surface area (Å²) in [5.41, 5.74) is 4.62. The Labute approximate surface area is 122 Å². The van der Waals surface area contributed by atoms with E-state index in [9.17, 15) is 0 Å². The summed E-state index contributed by atoms with van der Waals surface area (Å²) < 4.78 is 0. The third kappa shape index (κ3) is 2.30. The second-order valence-corrected chi connectivity index (χ2v) is 6.41. The summed E-state index contributed by atoms with van der Waals surface area (Å²) in [7, 11) is 2.11. The monoisotopic (exact) mass is 271 g/mol. The van der Waals surface area contributed by atoms with E-state index < -0.39 is 0 Å². The molecule has 0 bridgehead atoms. The molecule has 3 heteroatoms. The maximum absolute atomic E-state index is 4.53. The van der Waals surface area contributed by atoms with Gasteiger partial charge in [-0.25, -0.2) is 0 Å². The van der Waals surface area contributed by atoms with E-state index in [1.54, 1.807) is 0 Å². The molecule has 1 aromatic carbocycles. The predicted octanol–water partition coefficient (Wildman–Crippen LogP) is 2.62. The molecule has 1 aromatic rings.